The summed E-state index contributed by atoms with van der Waals surface area (Å²) in [6, 6.07) is 3.56. The number of hydrogen-bond acceptors (Lipinski definition) is 6. The smallest absolute Gasteiger partial charge is 0.261 e. The third-order valence-corrected chi connectivity index (χ3v) is 2.63. The van der Waals surface area contributed by atoms with Gasteiger partial charge in [-0.2, -0.15) is 0 Å². The topological polar surface area (TPSA) is 74.2 Å². The van der Waals surface area contributed by atoms with Gasteiger partial charge >= 0.3 is 0 Å². The average Bonchev–Trinajstić information content (AvgIpc) is 2.75. The number of aromatic nitrogens is 2. The van der Waals surface area contributed by atoms with Gasteiger partial charge in [0.1, 0.15) is 11.3 Å². The number of pyridine rings is 1. The highest BCUT2D eigenvalue weighted by Crippen LogP contribution is 2.29. The molecular weight excluding hydrogens is 238 g/mol. The maximum absolute atomic E-state index is 5.78. The first kappa shape index (κ1) is 11.8. The van der Waals surface area contributed by atoms with Crippen molar-refractivity contribution in [2.24, 2.45) is 0 Å². The van der Waals surface area contributed by atoms with E-state index in [2.05, 4.69) is 9.97 Å². The molecule has 2 aromatic rings. The fourth-order valence-corrected chi connectivity index (χ4v) is 1.82. The molecule has 0 aliphatic rings. The van der Waals surface area contributed by atoms with Crippen molar-refractivity contribution >= 4 is 17.4 Å². The summed E-state index contributed by atoms with van der Waals surface area (Å²) in [6.45, 7) is 3.85. The van der Waals surface area contributed by atoms with Gasteiger partial charge < -0.3 is 14.9 Å². The highest BCUT2D eigenvalue weighted by atomic mass is 32.2. The first-order valence-electron chi connectivity index (χ1n) is 5.15. The van der Waals surface area contributed by atoms with E-state index in [1.54, 1.807) is 18.3 Å². The van der Waals surface area contributed by atoms with Crippen molar-refractivity contribution in [3.63, 3.8) is 0 Å². The van der Waals surface area contributed by atoms with E-state index in [9.17, 15) is 0 Å². The van der Waals surface area contributed by atoms with Crippen LogP contribution in [0.25, 0.3) is 0 Å². The molecular formula is C11H13N3O2S. The number of anilines is 1. The maximum atomic E-state index is 5.78. The molecule has 0 unspecified atom stereocenters. The van der Waals surface area contributed by atoms with Crippen molar-refractivity contribution in [2.75, 3.05) is 5.73 Å². The van der Waals surface area contributed by atoms with Gasteiger partial charge in [-0.25, -0.2) is 9.97 Å². The molecule has 2 rings (SSSR count). The second-order valence-electron chi connectivity index (χ2n) is 3.61. The van der Waals surface area contributed by atoms with Crippen molar-refractivity contribution in [3.8, 4) is 5.88 Å². The standard InChI is InChI=1S/C11H13N3O2S/c1-7(2)16-10-8(12)3-4-9(14-10)17-11-13-5-6-15-11/h3-7H,12H2,1-2H3. The first-order valence-corrected chi connectivity index (χ1v) is 5.97. The van der Waals surface area contributed by atoms with Gasteiger partial charge in [-0.1, -0.05) is 0 Å². The molecule has 0 fully saturated rings. The summed E-state index contributed by atoms with van der Waals surface area (Å²) < 4.78 is 10.6. The van der Waals surface area contributed by atoms with Crippen molar-refractivity contribution in [1.29, 1.82) is 0 Å². The monoisotopic (exact) mass is 251 g/mol. The summed E-state index contributed by atoms with van der Waals surface area (Å²) in [4.78, 5) is 8.31. The molecule has 0 aromatic carbocycles. The summed E-state index contributed by atoms with van der Waals surface area (Å²) >= 11 is 1.32. The van der Waals surface area contributed by atoms with Gasteiger partial charge in [0.2, 0.25) is 5.88 Å². The van der Waals surface area contributed by atoms with Crippen LogP contribution in [-0.4, -0.2) is 16.1 Å². The SMILES string of the molecule is CC(C)Oc1nc(Sc2ncco2)ccc1N. The van der Waals surface area contributed by atoms with Gasteiger partial charge in [0.05, 0.1) is 18.0 Å². The van der Waals surface area contributed by atoms with Crippen molar-refractivity contribution < 1.29 is 9.15 Å². The van der Waals surface area contributed by atoms with E-state index in [0.717, 1.165) is 5.03 Å². The van der Waals surface area contributed by atoms with Crippen LogP contribution >= 0.6 is 11.8 Å². The molecule has 2 N–H and O–H groups in total. The molecule has 6 heteroatoms. The minimum absolute atomic E-state index is 0.0341. The Bertz CT molecular complexity index is 485. The van der Waals surface area contributed by atoms with Crippen LogP contribution < -0.4 is 10.5 Å². The van der Waals surface area contributed by atoms with Crippen molar-refractivity contribution in [2.45, 2.75) is 30.2 Å². The Balaban J connectivity index is 2.18. The highest BCUT2D eigenvalue weighted by molar-refractivity contribution is 7.99. The number of rotatable bonds is 4. The van der Waals surface area contributed by atoms with Crippen LogP contribution in [-0.2, 0) is 0 Å². The second-order valence-corrected chi connectivity index (χ2v) is 4.58. The van der Waals surface area contributed by atoms with E-state index >= 15 is 0 Å². The minimum atomic E-state index is 0.0341. The first-order chi connectivity index (χ1) is 8.15. The van der Waals surface area contributed by atoms with E-state index in [1.807, 2.05) is 13.8 Å². The van der Waals surface area contributed by atoms with Crippen LogP contribution in [0.2, 0.25) is 0 Å². The lowest BCUT2D eigenvalue weighted by Gasteiger charge is -2.11. The lowest BCUT2D eigenvalue weighted by Crippen LogP contribution is -2.09. The Hall–Kier alpha value is -1.69. The van der Waals surface area contributed by atoms with Gasteiger partial charge in [0.15, 0.2) is 0 Å². The molecule has 0 bridgehead atoms. The molecule has 0 atom stereocenters. The quantitative estimate of drug-likeness (QED) is 0.900. The van der Waals surface area contributed by atoms with E-state index in [1.165, 1.54) is 18.0 Å². The number of oxazole rings is 1. The molecule has 90 valence electrons. The Labute approximate surface area is 103 Å². The fraction of sp³-hybridized carbons (Fsp3) is 0.273. The zero-order valence-corrected chi connectivity index (χ0v) is 10.4. The molecule has 0 radical (unpaired) electrons. The van der Waals surface area contributed by atoms with Gasteiger partial charge in [-0.3, -0.25) is 0 Å². The fourth-order valence-electron chi connectivity index (χ4n) is 1.16. The van der Waals surface area contributed by atoms with E-state index < -0.39 is 0 Å². The largest absolute Gasteiger partial charge is 0.473 e. The molecule has 0 saturated carbocycles. The zero-order chi connectivity index (χ0) is 12.3. The maximum Gasteiger partial charge on any atom is 0.261 e. The van der Waals surface area contributed by atoms with Crippen LogP contribution in [0.1, 0.15) is 13.8 Å². The number of nitrogen functional groups attached to an aromatic ring is 1. The van der Waals surface area contributed by atoms with Gasteiger partial charge in [-0.05, 0) is 37.7 Å². The van der Waals surface area contributed by atoms with Gasteiger partial charge in [0, 0.05) is 0 Å². The van der Waals surface area contributed by atoms with Crippen molar-refractivity contribution in [3.05, 3.63) is 24.6 Å². The zero-order valence-electron chi connectivity index (χ0n) is 9.58. The van der Waals surface area contributed by atoms with Crippen LogP contribution in [0.4, 0.5) is 5.69 Å². The Morgan fingerprint density at radius 3 is 2.88 bits per heavy atom. The van der Waals surface area contributed by atoms with E-state index in [4.69, 9.17) is 14.9 Å². The second kappa shape index (κ2) is 5.09. The molecule has 0 amide bonds. The van der Waals surface area contributed by atoms with E-state index in [0.29, 0.717) is 16.8 Å². The number of nitrogens with two attached hydrogens (primary N) is 1. The summed E-state index contributed by atoms with van der Waals surface area (Å²) in [5, 5.41) is 1.27. The molecule has 0 spiro atoms. The van der Waals surface area contributed by atoms with Crippen LogP contribution in [0, 0.1) is 0 Å². The Morgan fingerprint density at radius 2 is 2.24 bits per heavy atom. The minimum Gasteiger partial charge on any atom is -0.473 e. The predicted molar refractivity (Wildman–Crippen MR) is 65.0 cm³/mol. The summed E-state index contributed by atoms with van der Waals surface area (Å²) in [5.41, 5.74) is 6.30. The molecule has 0 aliphatic carbocycles. The average molecular weight is 251 g/mol. The lowest BCUT2D eigenvalue weighted by atomic mass is 10.4. The number of nitrogens with zero attached hydrogens (tertiary/aromatic N) is 2. The summed E-state index contributed by atoms with van der Waals surface area (Å²) in [7, 11) is 0. The van der Waals surface area contributed by atoms with Crippen LogP contribution in [0.5, 0.6) is 5.88 Å². The van der Waals surface area contributed by atoms with Gasteiger partial charge in [-0.15, -0.1) is 0 Å². The van der Waals surface area contributed by atoms with Crippen molar-refractivity contribution in [1.82, 2.24) is 9.97 Å². The number of ether oxygens (including phenoxy) is 1. The van der Waals surface area contributed by atoms with E-state index in [-0.39, 0.29) is 6.10 Å². The third-order valence-electron chi connectivity index (χ3n) is 1.81. The molecule has 0 aliphatic heterocycles. The predicted octanol–water partition coefficient (Wildman–Crippen LogP) is 2.59. The molecule has 5 nitrogen and oxygen atoms in total. The number of hydrogen-bond donors (Lipinski definition) is 1. The normalized spacial score (nSPS) is 10.8. The molecule has 2 heterocycles. The Morgan fingerprint density at radius 1 is 1.41 bits per heavy atom. The molecule has 0 saturated heterocycles. The summed E-state index contributed by atoms with van der Waals surface area (Å²) in [6.07, 6.45) is 3.14. The molecule has 2 aromatic heterocycles. The Kier molecular flexibility index (Phi) is 3.53. The third kappa shape index (κ3) is 3.13. The van der Waals surface area contributed by atoms with Gasteiger partial charge in [0.25, 0.3) is 5.22 Å². The van der Waals surface area contributed by atoms with Crippen LogP contribution in [0.15, 0.2) is 39.3 Å². The lowest BCUT2D eigenvalue weighted by molar-refractivity contribution is 0.232. The highest BCUT2D eigenvalue weighted by Gasteiger charge is 2.09. The van der Waals surface area contributed by atoms with Crippen LogP contribution in [0.3, 0.4) is 0 Å². The molecule has 17 heavy (non-hydrogen) atoms. The summed E-state index contributed by atoms with van der Waals surface area (Å²) in [5.74, 6) is 0.441.